The number of amides is 1. The van der Waals surface area contributed by atoms with Gasteiger partial charge < -0.3 is 5.32 Å². The minimum atomic E-state index is -0.203. The van der Waals surface area contributed by atoms with Crippen molar-refractivity contribution in [1.29, 1.82) is 0 Å². The number of nitrogens with one attached hydrogen (secondary N) is 1. The summed E-state index contributed by atoms with van der Waals surface area (Å²) in [6, 6.07) is 18.1. The van der Waals surface area contributed by atoms with E-state index in [2.05, 4.69) is 44.8 Å². The third kappa shape index (κ3) is 3.34. The molecule has 3 heterocycles. The molecule has 0 atom stereocenters. The highest BCUT2D eigenvalue weighted by Crippen LogP contribution is 2.24. The van der Waals surface area contributed by atoms with Crippen molar-refractivity contribution in [3.8, 4) is 0 Å². The normalized spacial score (nSPS) is 11.3. The van der Waals surface area contributed by atoms with Gasteiger partial charge in [0.1, 0.15) is 5.82 Å². The van der Waals surface area contributed by atoms with Crippen LogP contribution in [0.1, 0.15) is 27.3 Å². The summed E-state index contributed by atoms with van der Waals surface area (Å²) in [6.07, 6.45) is 1.70. The third-order valence-corrected chi connectivity index (χ3v) is 5.50. The number of aromatic nitrogens is 5. The Balaban J connectivity index is 1.49. The second-order valence-corrected chi connectivity index (χ2v) is 7.69. The molecule has 3 aromatic heterocycles. The standard InChI is InChI=1S/C24H22N6O/c1-15-13-20(22-16(2)28-29(3)23(22)26-15)24(31)27-21-11-12-25-30(21)14-18-9-6-8-17-7-4-5-10-19(17)18/h4-13H,14H2,1-3H3,(H,27,31). The van der Waals surface area contributed by atoms with E-state index in [0.717, 1.165) is 22.3 Å². The Labute approximate surface area is 179 Å². The van der Waals surface area contributed by atoms with Gasteiger partial charge in [-0.3, -0.25) is 9.48 Å². The van der Waals surface area contributed by atoms with Gasteiger partial charge in [-0.1, -0.05) is 42.5 Å². The third-order valence-electron chi connectivity index (χ3n) is 5.50. The highest BCUT2D eigenvalue weighted by molar-refractivity contribution is 6.12. The number of aryl methyl sites for hydroxylation is 3. The number of pyridine rings is 1. The molecule has 7 heteroatoms. The number of carbonyl (C=O) groups is 1. The van der Waals surface area contributed by atoms with Crippen LogP contribution in [0.3, 0.4) is 0 Å². The largest absolute Gasteiger partial charge is 0.307 e. The van der Waals surface area contributed by atoms with Gasteiger partial charge in [0.15, 0.2) is 5.65 Å². The van der Waals surface area contributed by atoms with Gasteiger partial charge in [-0.15, -0.1) is 0 Å². The molecule has 1 N–H and O–H groups in total. The Morgan fingerprint density at radius 2 is 1.87 bits per heavy atom. The summed E-state index contributed by atoms with van der Waals surface area (Å²) in [5.74, 6) is 0.438. The van der Waals surface area contributed by atoms with Gasteiger partial charge in [0.25, 0.3) is 5.91 Å². The molecule has 5 aromatic rings. The van der Waals surface area contributed by atoms with Crippen molar-refractivity contribution >= 4 is 33.5 Å². The van der Waals surface area contributed by atoms with E-state index in [9.17, 15) is 4.79 Å². The Morgan fingerprint density at radius 3 is 2.74 bits per heavy atom. The van der Waals surface area contributed by atoms with Gasteiger partial charge in [-0.05, 0) is 36.2 Å². The first-order chi connectivity index (χ1) is 15.0. The lowest BCUT2D eigenvalue weighted by Crippen LogP contribution is -2.17. The van der Waals surface area contributed by atoms with E-state index < -0.39 is 0 Å². The maximum Gasteiger partial charge on any atom is 0.257 e. The number of fused-ring (bicyclic) bond motifs is 2. The van der Waals surface area contributed by atoms with E-state index in [4.69, 9.17) is 0 Å². The lowest BCUT2D eigenvalue weighted by Gasteiger charge is -2.12. The van der Waals surface area contributed by atoms with Crippen LogP contribution < -0.4 is 5.32 Å². The fourth-order valence-corrected chi connectivity index (χ4v) is 4.09. The topological polar surface area (TPSA) is 77.6 Å². The Hall–Kier alpha value is -4.00. The molecule has 2 aromatic carbocycles. The van der Waals surface area contributed by atoms with Gasteiger partial charge >= 0.3 is 0 Å². The molecule has 7 nitrogen and oxygen atoms in total. The predicted molar refractivity (Wildman–Crippen MR) is 121 cm³/mol. The molecule has 0 fully saturated rings. The van der Waals surface area contributed by atoms with Crippen LogP contribution in [0.2, 0.25) is 0 Å². The van der Waals surface area contributed by atoms with Gasteiger partial charge in [-0.2, -0.15) is 10.2 Å². The zero-order valence-corrected chi connectivity index (χ0v) is 17.6. The van der Waals surface area contributed by atoms with Crippen molar-refractivity contribution in [2.45, 2.75) is 20.4 Å². The molecule has 0 aliphatic heterocycles. The summed E-state index contributed by atoms with van der Waals surface area (Å²) in [5, 5.41) is 15.0. The van der Waals surface area contributed by atoms with Crippen LogP contribution in [0.15, 0.2) is 60.8 Å². The van der Waals surface area contributed by atoms with E-state index >= 15 is 0 Å². The maximum atomic E-state index is 13.2. The van der Waals surface area contributed by atoms with Gasteiger partial charge in [-0.25, -0.2) is 9.67 Å². The van der Waals surface area contributed by atoms with Crippen LogP contribution in [-0.2, 0) is 13.6 Å². The van der Waals surface area contributed by atoms with Crippen molar-refractivity contribution in [2.24, 2.45) is 7.05 Å². The molecule has 0 saturated carbocycles. The molecule has 0 bridgehead atoms. The van der Waals surface area contributed by atoms with Crippen molar-refractivity contribution in [1.82, 2.24) is 24.5 Å². The van der Waals surface area contributed by atoms with E-state index in [0.29, 0.717) is 23.6 Å². The molecule has 1 amide bonds. The highest BCUT2D eigenvalue weighted by atomic mass is 16.1. The number of benzene rings is 2. The zero-order valence-electron chi connectivity index (χ0n) is 17.6. The molecule has 0 unspecified atom stereocenters. The number of nitrogens with zero attached hydrogens (tertiary/aromatic N) is 5. The number of rotatable bonds is 4. The van der Waals surface area contributed by atoms with Gasteiger partial charge in [0.2, 0.25) is 0 Å². The van der Waals surface area contributed by atoms with Crippen LogP contribution >= 0.6 is 0 Å². The van der Waals surface area contributed by atoms with Crippen molar-refractivity contribution in [3.63, 3.8) is 0 Å². The quantitative estimate of drug-likeness (QED) is 0.481. The summed E-state index contributed by atoms with van der Waals surface area (Å²) in [5.41, 5.74) is 3.95. The number of hydrogen-bond donors (Lipinski definition) is 1. The second-order valence-electron chi connectivity index (χ2n) is 7.69. The molecule has 0 aliphatic rings. The molecule has 0 radical (unpaired) electrons. The molecule has 0 aliphatic carbocycles. The van der Waals surface area contributed by atoms with Crippen molar-refractivity contribution in [2.75, 3.05) is 5.32 Å². The minimum Gasteiger partial charge on any atom is -0.307 e. The minimum absolute atomic E-state index is 0.203. The summed E-state index contributed by atoms with van der Waals surface area (Å²) in [7, 11) is 1.84. The molecule has 0 saturated heterocycles. The number of carbonyl (C=O) groups excluding carboxylic acids is 1. The fourth-order valence-electron chi connectivity index (χ4n) is 4.09. The lowest BCUT2D eigenvalue weighted by atomic mass is 10.0. The van der Waals surface area contributed by atoms with E-state index in [-0.39, 0.29) is 5.91 Å². The second kappa shape index (κ2) is 7.36. The fraction of sp³-hybridized carbons (Fsp3) is 0.167. The Morgan fingerprint density at radius 1 is 1.06 bits per heavy atom. The molecule has 0 spiro atoms. The van der Waals surface area contributed by atoms with Crippen LogP contribution in [0.25, 0.3) is 21.8 Å². The zero-order chi connectivity index (χ0) is 21.5. The lowest BCUT2D eigenvalue weighted by molar-refractivity contribution is 0.102. The molecular weight excluding hydrogens is 388 g/mol. The van der Waals surface area contributed by atoms with E-state index in [1.807, 2.05) is 45.2 Å². The first kappa shape index (κ1) is 19.0. The SMILES string of the molecule is Cc1cc(C(=O)Nc2ccnn2Cc2cccc3ccccc23)c2c(C)nn(C)c2n1. The first-order valence-electron chi connectivity index (χ1n) is 10.1. The average Bonchev–Trinajstić information content (AvgIpc) is 3.31. The summed E-state index contributed by atoms with van der Waals surface area (Å²) in [4.78, 5) is 17.8. The van der Waals surface area contributed by atoms with E-state index in [1.165, 1.54) is 10.8 Å². The number of anilines is 1. The van der Waals surface area contributed by atoms with Crippen LogP contribution in [0, 0.1) is 13.8 Å². The molecule has 154 valence electrons. The van der Waals surface area contributed by atoms with Crippen LogP contribution in [0.4, 0.5) is 5.82 Å². The van der Waals surface area contributed by atoms with Crippen LogP contribution in [-0.4, -0.2) is 30.5 Å². The van der Waals surface area contributed by atoms with Crippen molar-refractivity contribution < 1.29 is 4.79 Å². The van der Waals surface area contributed by atoms with Crippen LogP contribution in [0.5, 0.6) is 0 Å². The van der Waals surface area contributed by atoms with E-state index in [1.54, 1.807) is 21.6 Å². The number of hydrogen-bond acceptors (Lipinski definition) is 4. The monoisotopic (exact) mass is 410 g/mol. The Kier molecular flexibility index (Phi) is 4.51. The highest BCUT2D eigenvalue weighted by Gasteiger charge is 2.19. The molecule has 5 rings (SSSR count). The average molecular weight is 410 g/mol. The molecule has 31 heavy (non-hydrogen) atoms. The predicted octanol–water partition coefficient (Wildman–Crippen LogP) is 4.24. The first-order valence-corrected chi connectivity index (χ1v) is 10.1. The maximum absolute atomic E-state index is 13.2. The molecular formula is C24H22N6O. The Bertz CT molecular complexity index is 1440. The van der Waals surface area contributed by atoms with Gasteiger partial charge in [0, 0.05) is 18.8 Å². The summed E-state index contributed by atoms with van der Waals surface area (Å²) in [6.45, 7) is 4.32. The summed E-state index contributed by atoms with van der Waals surface area (Å²) < 4.78 is 3.51. The smallest absolute Gasteiger partial charge is 0.257 e. The van der Waals surface area contributed by atoms with Crippen molar-refractivity contribution in [3.05, 3.63) is 83.3 Å². The summed E-state index contributed by atoms with van der Waals surface area (Å²) >= 11 is 0. The van der Waals surface area contributed by atoms with Gasteiger partial charge in [0.05, 0.1) is 29.4 Å².